The van der Waals surface area contributed by atoms with Crippen molar-refractivity contribution in [3.05, 3.63) is 71.0 Å². The fourth-order valence-corrected chi connectivity index (χ4v) is 4.04. The minimum absolute atomic E-state index is 0.142. The minimum Gasteiger partial charge on any atom is -0.395 e. The summed E-state index contributed by atoms with van der Waals surface area (Å²) in [6.07, 6.45) is 1.43. The Morgan fingerprint density at radius 2 is 1.93 bits per heavy atom. The maximum atomic E-state index is 12.7. The third-order valence-electron chi connectivity index (χ3n) is 4.42. The van der Waals surface area contributed by atoms with Crippen LogP contribution in [0.1, 0.15) is 25.9 Å². The Balaban J connectivity index is 1.53. The zero-order valence-corrected chi connectivity index (χ0v) is 16.9. The summed E-state index contributed by atoms with van der Waals surface area (Å²) < 4.78 is 1.84. The summed E-state index contributed by atoms with van der Waals surface area (Å²) >= 11 is 1.36. The van der Waals surface area contributed by atoms with Crippen LogP contribution >= 0.6 is 11.3 Å². The second-order valence-electron chi connectivity index (χ2n) is 6.53. The Bertz CT molecular complexity index is 1200. The number of nitrogens with one attached hydrogen (secondary N) is 2. The summed E-state index contributed by atoms with van der Waals surface area (Å²) in [5.41, 5.74) is 2.48. The number of rotatable bonds is 6. The number of thiophene rings is 1. The van der Waals surface area contributed by atoms with E-state index in [-0.39, 0.29) is 30.7 Å². The number of amides is 2. The molecule has 4 aromatic rings. The van der Waals surface area contributed by atoms with E-state index in [2.05, 4.69) is 20.7 Å². The number of carbonyl (C=O) groups excluding carboxylic acids is 2. The van der Waals surface area contributed by atoms with Crippen LogP contribution in [0.15, 0.2) is 54.7 Å². The number of hydrogen-bond donors (Lipinski definition) is 3. The molecule has 2 amide bonds. The van der Waals surface area contributed by atoms with Gasteiger partial charge >= 0.3 is 0 Å². The van der Waals surface area contributed by atoms with Crippen molar-refractivity contribution in [3.63, 3.8) is 0 Å². The molecule has 3 aromatic heterocycles. The normalized spacial score (nSPS) is 10.9. The molecular weight excluding hydrogens is 402 g/mol. The Morgan fingerprint density at radius 3 is 2.63 bits per heavy atom. The molecule has 0 spiro atoms. The smallest absolute Gasteiger partial charge is 0.269 e. The van der Waals surface area contributed by atoms with Crippen LogP contribution in [0.5, 0.6) is 0 Å². The lowest BCUT2D eigenvalue weighted by atomic mass is 10.3. The van der Waals surface area contributed by atoms with Crippen LogP contribution in [0.3, 0.4) is 0 Å². The number of aliphatic hydroxyl groups is 1. The van der Waals surface area contributed by atoms with Gasteiger partial charge in [-0.3, -0.25) is 9.59 Å². The van der Waals surface area contributed by atoms with E-state index < -0.39 is 0 Å². The van der Waals surface area contributed by atoms with E-state index in [1.54, 1.807) is 6.07 Å². The first-order valence-electron chi connectivity index (χ1n) is 9.28. The van der Waals surface area contributed by atoms with Gasteiger partial charge in [0.2, 0.25) is 0 Å². The summed E-state index contributed by atoms with van der Waals surface area (Å²) in [6, 6.07) is 14.7. The lowest BCUT2D eigenvalue weighted by Crippen LogP contribution is -2.27. The number of para-hydroxylation sites is 1. The van der Waals surface area contributed by atoms with E-state index in [4.69, 9.17) is 5.11 Å². The van der Waals surface area contributed by atoms with Crippen LogP contribution in [0.4, 0.5) is 5.69 Å². The molecule has 3 N–H and O–H groups in total. The molecule has 0 unspecified atom stereocenters. The van der Waals surface area contributed by atoms with Crippen LogP contribution in [-0.4, -0.2) is 44.8 Å². The Labute approximate surface area is 176 Å². The number of aromatic nitrogens is 3. The minimum atomic E-state index is -0.382. The molecule has 0 aliphatic heterocycles. The van der Waals surface area contributed by atoms with Crippen LogP contribution < -0.4 is 10.6 Å². The first-order valence-corrected chi connectivity index (χ1v) is 10.1. The Kier molecular flexibility index (Phi) is 5.55. The van der Waals surface area contributed by atoms with Gasteiger partial charge in [0.25, 0.3) is 11.8 Å². The third kappa shape index (κ3) is 3.93. The van der Waals surface area contributed by atoms with Gasteiger partial charge in [-0.05, 0) is 37.3 Å². The van der Waals surface area contributed by atoms with Gasteiger partial charge in [-0.2, -0.15) is 5.10 Å². The molecule has 0 saturated heterocycles. The molecule has 0 saturated carbocycles. The van der Waals surface area contributed by atoms with E-state index in [1.165, 1.54) is 23.6 Å². The standard InChI is InChI=1S/C21H19N5O3S/c1-13-16-11-18(30-21(16)26(25-13)15-5-3-2-4-6-15)20(29)24-14-7-8-17(23-12-14)19(28)22-9-10-27/h2-8,11-12,27H,9-10H2,1H3,(H,22,28)(H,24,29). The molecule has 0 bridgehead atoms. The highest BCUT2D eigenvalue weighted by Crippen LogP contribution is 2.30. The van der Waals surface area contributed by atoms with Gasteiger partial charge in [0.1, 0.15) is 10.5 Å². The zero-order chi connectivity index (χ0) is 21.1. The molecule has 0 aliphatic carbocycles. The quantitative estimate of drug-likeness (QED) is 0.444. The summed E-state index contributed by atoms with van der Waals surface area (Å²) in [7, 11) is 0. The lowest BCUT2D eigenvalue weighted by Gasteiger charge is -2.05. The predicted octanol–water partition coefficient (Wildman–Crippen LogP) is 2.76. The van der Waals surface area contributed by atoms with Crippen molar-refractivity contribution in [1.29, 1.82) is 0 Å². The number of pyridine rings is 1. The van der Waals surface area contributed by atoms with Crippen molar-refractivity contribution in [3.8, 4) is 5.69 Å². The first kappa shape index (κ1) is 19.7. The predicted molar refractivity (Wildman–Crippen MR) is 115 cm³/mol. The SMILES string of the molecule is Cc1nn(-c2ccccc2)c2sc(C(=O)Nc3ccc(C(=O)NCCO)nc3)cc12. The molecule has 30 heavy (non-hydrogen) atoms. The van der Waals surface area contributed by atoms with Gasteiger partial charge in [-0.25, -0.2) is 9.67 Å². The first-order chi connectivity index (χ1) is 14.6. The molecular formula is C21H19N5O3S. The Hall–Kier alpha value is -3.56. The number of aryl methyl sites for hydroxylation is 1. The van der Waals surface area contributed by atoms with Crippen molar-refractivity contribution in [1.82, 2.24) is 20.1 Å². The van der Waals surface area contributed by atoms with Crippen LogP contribution in [0, 0.1) is 6.92 Å². The summed E-state index contributed by atoms with van der Waals surface area (Å²) in [4.78, 5) is 30.1. The topological polar surface area (TPSA) is 109 Å². The molecule has 0 aliphatic rings. The highest BCUT2D eigenvalue weighted by molar-refractivity contribution is 7.20. The number of nitrogens with zero attached hydrogens (tertiary/aromatic N) is 3. The number of anilines is 1. The molecule has 0 fully saturated rings. The van der Waals surface area contributed by atoms with E-state index in [0.29, 0.717) is 10.6 Å². The van der Waals surface area contributed by atoms with E-state index in [0.717, 1.165) is 21.6 Å². The molecule has 4 rings (SSSR count). The average molecular weight is 421 g/mol. The largest absolute Gasteiger partial charge is 0.395 e. The van der Waals surface area contributed by atoms with Gasteiger partial charge in [0.15, 0.2) is 0 Å². The van der Waals surface area contributed by atoms with Crippen molar-refractivity contribution in [2.24, 2.45) is 0 Å². The molecule has 0 radical (unpaired) electrons. The maximum Gasteiger partial charge on any atom is 0.269 e. The van der Waals surface area contributed by atoms with Gasteiger partial charge in [-0.15, -0.1) is 11.3 Å². The summed E-state index contributed by atoms with van der Waals surface area (Å²) in [5, 5.41) is 19.6. The highest BCUT2D eigenvalue weighted by atomic mass is 32.1. The molecule has 8 nitrogen and oxygen atoms in total. The third-order valence-corrected chi connectivity index (χ3v) is 5.53. The molecule has 1 aromatic carbocycles. The van der Waals surface area contributed by atoms with Crippen LogP contribution in [0.2, 0.25) is 0 Å². The Morgan fingerprint density at radius 1 is 1.13 bits per heavy atom. The van der Waals surface area contributed by atoms with Crippen molar-refractivity contribution < 1.29 is 14.7 Å². The van der Waals surface area contributed by atoms with Crippen LogP contribution in [0.25, 0.3) is 15.9 Å². The number of hydrogen-bond acceptors (Lipinski definition) is 6. The van der Waals surface area contributed by atoms with Crippen LogP contribution in [-0.2, 0) is 0 Å². The van der Waals surface area contributed by atoms with E-state index in [1.807, 2.05) is 48.0 Å². The van der Waals surface area contributed by atoms with Crippen molar-refractivity contribution in [2.45, 2.75) is 6.92 Å². The van der Waals surface area contributed by atoms with Gasteiger partial charge in [0, 0.05) is 11.9 Å². The van der Waals surface area contributed by atoms with Gasteiger partial charge in [-0.1, -0.05) is 18.2 Å². The number of carbonyl (C=O) groups is 2. The maximum absolute atomic E-state index is 12.7. The summed E-state index contributed by atoms with van der Waals surface area (Å²) in [5.74, 6) is -0.637. The number of aliphatic hydroxyl groups excluding tert-OH is 1. The van der Waals surface area contributed by atoms with Gasteiger partial charge in [0.05, 0.1) is 34.7 Å². The fourth-order valence-electron chi connectivity index (χ4n) is 2.96. The monoisotopic (exact) mass is 421 g/mol. The second kappa shape index (κ2) is 8.44. The zero-order valence-electron chi connectivity index (χ0n) is 16.1. The van der Waals surface area contributed by atoms with Gasteiger partial charge < -0.3 is 15.7 Å². The van der Waals surface area contributed by atoms with Crippen molar-refractivity contribution >= 4 is 39.1 Å². The highest BCUT2D eigenvalue weighted by Gasteiger charge is 2.17. The molecule has 152 valence electrons. The second-order valence-corrected chi connectivity index (χ2v) is 7.56. The average Bonchev–Trinajstić information content (AvgIpc) is 3.34. The fraction of sp³-hybridized carbons (Fsp3) is 0.143. The van der Waals surface area contributed by atoms with E-state index in [9.17, 15) is 9.59 Å². The molecule has 0 atom stereocenters. The number of fused-ring (bicyclic) bond motifs is 1. The number of benzene rings is 1. The molecule has 3 heterocycles. The summed E-state index contributed by atoms with van der Waals surface area (Å²) in [6.45, 7) is 1.93. The van der Waals surface area contributed by atoms with Crippen molar-refractivity contribution in [2.75, 3.05) is 18.5 Å². The van der Waals surface area contributed by atoms with E-state index >= 15 is 0 Å². The lowest BCUT2D eigenvalue weighted by molar-refractivity contribution is 0.0939. The molecule has 9 heteroatoms.